The molecule has 132 valence electrons. The largest absolute Gasteiger partial charge is 0.370 e. The zero-order valence-corrected chi connectivity index (χ0v) is 13.9. The van der Waals surface area contributed by atoms with Crippen molar-refractivity contribution in [2.75, 3.05) is 17.2 Å². The first-order chi connectivity index (χ1) is 12.6. The Labute approximate surface area is 149 Å². The van der Waals surface area contributed by atoms with Crippen molar-refractivity contribution in [1.29, 1.82) is 0 Å². The second-order valence-electron chi connectivity index (χ2n) is 5.66. The number of nitrogens with zero attached hydrogens (tertiary/aromatic N) is 1. The van der Waals surface area contributed by atoms with Gasteiger partial charge in [-0.3, -0.25) is 4.79 Å². The molecule has 0 spiro atoms. The Morgan fingerprint density at radius 3 is 2.42 bits per heavy atom. The van der Waals surface area contributed by atoms with E-state index < -0.39 is 5.82 Å². The lowest BCUT2D eigenvalue weighted by Gasteiger charge is -2.08. The molecule has 1 heterocycles. The molecule has 2 N–H and O–H groups in total. The van der Waals surface area contributed by atoms with Gasteiger partial charge in [-0.1, -0.05) is 18.2 Å². The van der Waals surface area contributed by atoms with Gasteiger partial charge in [0.05, 0.1) is 11.9 Å². The summed E-state index contributed by atoms with van der Waals surface area (Å²) >= 11 is 0. The smallest absolute Gasteiger partial charge is 0.255 e. The highest BCUT2D eigenvalue weighted by molar-refractivity contribution is 6.04. The number of amides is 1. The van der Waals surface area contributed by atoms with Crippen LogP contribution in [0.4, 0.5) is 20.3 Å². The van der Waals surface area contributed by atoms with Gasteiger partial charge in [0.15, 0.2) is 0 Å². The maximum atomic E-state index is 13.5. The fourth-order valence-corrected chi connectivity index (χ4v) is 2.40. The van der Waals surface area contributed by atoms with E-state index >= 15 is 0 Å². The lowest BCUT2D eigenvalue weighted by atomic mass is 10.1. The fourth-order valence-electron chi connectivity index (χ4n) is 2.40. The summed E-state index contributed by atoms with van der Waals surface area (Å²) in [6.45, 7) is 0.537. The van der Waals surface area contributed by atoms with Crippen LogP contribution in [0.2, 0.25) is 0 Å². The molecule has 0 atom stereocenters. The first-order valence-electron chi connectivity index (χ1n) is 8.12. The topological polar surface area (TPSA) is 54.0 Å². The van der Waals surface area contributed by atoms with E-state index in [1.54, 1.807) is 30.3 Å². The number of carbonyl (C=O) groups is 1. The van der Waals surface area contributed by atoms with E-state index in [1.165, 1.54) is 36.5 Å². The second kappa shape index (κ2) is 8.20. The van der Waals surface area contributed by atoms with Gasteiger partial charge in [0.1, 0.15) is 17.5 Å². The molecule has 0 saturated carbocycles. The van der Waals surface area contributed by atoms with Crippen molar-refractivity contribution in [1.82, 2.24) is 4.98 Å². The summed E-state index contributed by atoms with van der Waals surface area (Å²) in [4.78, 5) is 16.3. The quantitative estimate of drug-likeness (QED) is 0.696. The average molecular weight is 353 g/mol. The van der Waals surface area contributed by atoms with Crippen LogP contribution in [0, 0.1) is 11.6 Å². The second-order valence-corrected chi connectivity index (χ2v) is 5.66. The molecule has 0 bridgehead atoms. The fraction of sp³-hybridized carbons (Fsp3) is 0.100. The third kappa shape index (κ3) is 4.63. The standard InChI is InChI=1S/C20H17F2N3O/c21-16-7-5-15(6-8-16)20(26)25-17-9-10-19(24-13-17)23-12-11-14-3-1-2-4-18(14)22/h1-10,13H,11-12H2,(H,23,24)(H,25,26). The lowest BCUT2D eigenvalue weighted by Crippen LogP contribution is -2.12. The number of halogens is 2. The van der Waals surface area contributed by atoms with Crippen LogP contribution in [0.25, 0.3) is 0 Å². The normalized spacial score (nSPS) is 10.4. The Morgan fingerprint density at radius 1 is 0.962 bits per heavy atom. The summed E-state index contributed by atoms with van der Waals surface area (Å²) in [5.41, 5.74) is 1.53. The summed E-state index contributed by atoms with van der Waals surface area (Å²) in [5, 5.41) is 5.80. The molecule has 0 aliphatic heterocycles. The van der Waals surface area contributed by atoms with E-state index in [0.29, 0.717) is 35.6 Å². The summed E-state index contributed by atoms with van der Waals surface area (Å²) in [6.07, 6.45) is 2.06. The maximum absolute atomic E-state index is 13.5. The van der Waals surface area contributed by atoms with Crippen LogP contribution in [-0.4, -0.2) is 17.4 Å². The Kier molecular flexibility index (Phi) is 5.53. The average Bonchev–Trinajstić information content (AvgIpc) is 2.65. The highest BCUT2D eigenvalue weighted by Gasteiger charge is 2.06. The van der Waals surface area contributed by atoms with E-state index in [-0.39, 0.29) is 11.7 Å². The summed E-state index contributed by atoms with van der Waals surface area (Å²) < 4.78 is 26.4. The van der Waals surface area contributed by atoms with Crippen LogP contribution in [0.5, 0.6) is 0 Å². The summed E-state index contributed by atoms with van der Waals surface area (Å²) in [6, 6.07) is 15.4. The van der Waals surface area contributed by atoms with Gasteiger partial charge >= 0.3 is 0 Å². The van der Waals surface area contributed by atoms with Gasteiger partial charge in [-0.05, 0) is 54.4 Å². The first kappa shape index (κ1) is 17.5. The molecular weight excluding hydrogens is 336 g/mol. The molecule has 0 saturated heterocycles. The summed E-state index contributed by atoms with van der Waals surface area (Å²) in [7, 11) is 0. The van der Waals surface area contributed by atoms with Gasteiger partial charge in [0.25, 0.3) is 5.91 Å². The zero-order chi connectivity index (χ0) is 18.4. The van der Waals surface area contributed by atoms with Gasteiger partial charge in [-0.2, -0.15) is 0 Å². The number of rotatable bonds is 6. The lowest BCUT2D eigenvalue weighted by molar-refractivity contribution is 0.102. The molecule has 1 aromatic heterocycles. The van der Waals surface area contributed by atoms with Gasteiger partial charge < -0.3 is 10.6 Å². The van der Waals surface area contributed by atoms with Gasteiger partial charge in [0, 0.05) is 12.1 Å². The molecule has 0 aliphatic carbocycles. The van der Waals surface area contributed by atoms with Crippen LogP contribution in [0.3, 0.4) is 0 Å². The Balaban J connectivity index is 1.52. The number of carbonyl (C=O) groups excluding carboxylic acids is 1. The van der Waals surface area contributed by atoms with Crippen LogP contribution in [0.15, 0.2) is 66.9 Å². The van der Waals surface area contributed by atoms with Crippen molar-refractivity contribution in [3.63, 3.8) is 0 Å². The number of benzene rings is 2. The van der Waals surface area contributed by atoms with Crippen LogP contribution < -0.4 is 10.6 Å². The molecule has 0 aliphatic rings. The molecule has 1 amide bonds. The van der Waals surface area contributed by atoms with E-state index in [4.69, 9.17) is 0 Å². The minimum atomic E-state index is -0.394. The third-order valence-corrected chi connectivity index (χ3v) is 3.79. The van der Waals surface area contributed by atoms with Crippen molar-refractivity contribution in [3.05, 3.63) is 89.6 Å². The van der Waals surface area contributed by atoms with Crippen molar-refractivity contribution < 1.29 is 13.6 Å². The zero-order valence-electron chi connectivity index (χ0n) is 13.9. The van der Waals surface area contributed by atoms with Gasteiger partial charge in [-0.15, -0.1) is 0 Å². The monoisotopic (exact) mass is 353 g/mol. The van der Waals surface area contributed by atoms with Gasteiger partial charge in [0.2, 0.25) is 0 Å². The van der Waals surface area contributed by atoms with Gasteiger partial charge in [-0.25, -0.2) is 13.8 Å². The Hall–Kier alpha value is -3.28. The molecule has 0 unspecified atom stereocenters. The number of pyridine rings is 1. The van der Waals surface area contributed by atoms with Crippen molar-refractivity contribution in [2.24, 2.45) is 0 Å². The van der Waals surface area contributed by atoms with E-state index in [0.717, 1.165) is 0 Å². The minimum absolute atomic E-state index is 0.221. The predicted molar refractivity (Wildman–Crippen MR) is 97.2 cm³/mol. The number of hydrogen-bond acceptors (Lipinski definition) is 3. The van der Waals surface area contributed by atoms with E-state index in [1.807, 2.05) is 0 Å². The van der Waals surface area contributed by atoms with Crippen molar-refractivity contribution in [2.45, 2.75) is 6.42 Å². The maximum Gasteiger partial charge on any atom is 0.255 e. The van der Waals surface area contributed by atoms with Crippen molar-refractivity contribution in [3.8, 4) is 0 Å². The minimum Gasteiger partial charge on any atom is -0.370 e. The molecule has 4 nitrogen and oxygen atoms in total. The Bertz CT molecular complexity index is 880. The van der Waals surface area contributed by atoms with Crippen LogP contribution >= 0.6 is 0 Å². The molecule has 0 radical (unpaired) electrons. The van der Waals surface area contributed by atoms with E-state index in [2.05, 4.69) is 15.6 Å². The van der Waals surface area contributed by atoms with Crippen LogP contribution in [-0.2, 0) is 6.42 Å². The van der Waals surface area contributed by atoms with Crippen LogP contribution in [0.1, 0.15) is 15.9 Å². The van der Waals surface area contributed by atoms with E-state index in [9.17, 15) is 13.6 Å². The molecule has 2 aromatic carbocycles. The molecule has 0 fully saturated rings. The predicted octanol–water partition coefficient (Wildman–Crippen LogP) is 4.27. The Morgan fingerprint density at radius 2 is 1.73 bits per heavy atom. The first-order valence-corrected chi connectivity index (χ1v) is 8.12. The highest BCUT2D eigenvalue weighted by atomic mass is 19.1. The molecule has 3 rings (SSSR count). The number of aromatic nitrogens is 1. The number of nitrogens with one attached hydrogen (secondary N) is 2. The molecule has 6 heteroatoms. The third-order valence-electron chi connectivity index (χ3n) is 3.79. The SMILES string of the molecule is O=C(Nc1ccc(NCCc2ccccc2F)nc1)c1ccc(F)cc1. The van der Waals surface area contributed by atoms with Crippen molar-refractivity contribution >= 4 is 17.4 Å². The number of anilines is 2. The summed E-state index contributed by atoms with van der Waals surface area (Å²) in [5.74, 6) is -0.330. The molecule has 3 aromatic rings. The molecule has 26 heavy (non-hydrogen) atoms. The number of hydrogen-bond donors (Lipinski definition) is 2. The molecular formula is C20H17F2N3O. The highest BCUT2D eigenvalue weighted by Crippen LogP contribution is 2.13.